The number of phenols is 1. The highest BCUT2D eigenvalue weighted by Gasteiger charge is 2.40. The minimum atomic E-state index is -1.04. The van der Waals surface area contributed by atoms with Crippen LogP contribution in [-0.4, -0.2) is 28.6 Å². The van der Waals surface area contributed by atoms with Crippen LogP contribution in [0.15, 0.2) is 27.4 Å². The van der Waals surface area contributed by atoms with Crippen molar-refractivity contribution >= 4 is 28.4 Å². The summed E-state index contributed by atoms with van der Waals surface area (Å²) >= 11 is 0. The molecule has 0 amide bonds. The first-order chi connectivity index (χ1) is 15.7. The fourth-order valence-electron chi connectivity index (χ4n) is 4.39. The van der Waals surface area contributed by atoms with Crippen LogP contribution >= 0.6 is 0 Å². The third-order valence-corrected chi connectivity index (χ3v) is 5.73. The number of ketones is 1. The quantitative estimate of drug-likeness (QED) is 0.156. The van der Waals surface area contributed by atoms with Gasteiger partial charge in [0.1, 0.15) is 16.9 Å². The number of hydrogen-bond donors (Lipinski definition) is 1. The summed E-state index contributed by atoms with van der Waals surface area (Å²) in [6.07, 6.45) is -0.345. The lowest BCUT2D eigenvalue weighted by Crippen LogP contribution is -2.24. The molecule has 0 bridgehead atoms. The van der Waals surface area contributed by atoms with Crippen molar-refractivity contribution in [1.29, 1.82) is 0 Å². The number of benzene rings is 2. The van der Waals surface area contributed by atoms with E-state index in [1.807, 2.05) is 0 Å². The number of nitro groups is 1. The van der Waals surface area contributed by atoms with Crippen LogP contribution in [0.1, 0.15) is 46.3 Å². The van der Waals surface area contributed by atoms with Gasteiger partial charge in [-0.1, -0.05) is 0 Å². The van der Waals surface area contributed by atoms with E-state index in [2.05, 4.69) is 0 Å². The fraction of sp³-hybridized carbons (Fsp3) is 0.227. The number of aromatic hydroxyl groups is 1. The molecule has 1 unspecified atom stereocenters. The summed E-state index contributed by atoms with van der Waals surface area (Å²) in [5.74, 6) is -2.82. The van der Waals surface area contributed by atoms with E-state index in [0.29, 0.717) is 5.56 Å². The average Bonchev–Trinajstić information content (AvgIpc) is 3.18. The number of carbonyl (C=O) groups excluding carboxylic acids is 2. The maximum Gasteiger partial charge on any atom is 0.336 e. The molecule has 11 heteroatoms. The second-order valence-electron chi connectivity index (χ2n) is 7.73. The van der Waals surface area contributed by atoms with Gasteiger partial charge in [0.2, 0.25) is 6.79 Å². The number of carbonyl (C=O) groups is 2. The molecule has 1 aromatic heterocycles. The summed E-state index contributed by atoms with van der Waals surface area (Å²) in [4.78, 5) is 48.4. The van der Waals surface area contributed by atoms with Crippen molar-refractivity contribution in [3.8, 4) is 23.0 Å². The number of hydrogen-bond acceptors (Lipinski definition) is 10. The number of rotatable bonds is 3. The van der Waals surface area contributed by atoms with E-state index >= 15 is 0 Å². The van der Waals surface area contributed by atoms with Crippen LogP contribution in [0.3, 0.4) is 0 Å². The topological polar surface area (TPSA) is 155 Å². The van der Waals surface area contributed by atoms with E-state index in [-0.39, 0.29) is 63.8 Å². The van der Waals surface area contributed by atoms with E-state index < -0.39 is 34.0 Å². The summed E-state index contributed by atoms with van der Waals surface area (Å²) in [5.41, 5.74) is -1.03. The number of esters is 1. The first-order valence-electron chi connectivity index (χ1n) is 9.80. The van der Waals surface area contributed by atoms with Gasteiger partial charge in [-0.15, -0.1) is 0 Å². The van der Waals surface area contributed by atoms with Crippen molar-refractivity contribution in [2.75, 3.05) is 6.79 Å². The van der Waals surface area contributed by atoms with Crippen LogP contribution in [0.25, 0.3) is 11.0 Å². The Kier molecular flexibility index (Phi) is 4.38. The van der Waals surface area contributed by atoms with Crippen LogP contribution in [0.5, 0.6) is 23.0 Å². The predicted molar refractivity (Wildman–Crippen MR) is 110 cm³/mol. The van der Waals surface area contributed by atoms with Gasteiger partial charge in [0.15, 0.2) is 23.0 Å². The number of nitrogens with zero attached hydrogens (tertiary/aromatic N) is 1. The standard InChI is InChI=1S/C22H15NO10/c1-8-3-15(25)32-21-17(8)20(27)18(9(2)24)22-19(21)11(5-16(26)33-22)10-4-13-14(31-7-30-13)6-12(10)23(28)29/h3-4,6,11,27H,5,7H2,1-2H3. The number of aryl methyl sites for hydroxylation is 1. The Balaban J connectivity index is 1.93. The van der Waals surface area contributed by atoms with Gasteiger partial charge >= 0.3 is 11.6 Å². The molecule has 33 heavy (non-hydrogen) atoms. The average molecular weight is 453 g/mol. The van der Waals surface area contributed by atoms with Gasteiger partial charge in [0.25, 0.3) is 5.69 Å². The highest BCUT2D eigenvalue weighted by molar-refractivity contribution is 6.09. The summed E-state index contributed by atoms with van der Waals surface area (Å²) in [7, 11) is 0. The molecule has 5 rings (SSSR count). The third-order valence-electron chi connectivity index (χ3n) is 5.73. The fourth-order valence-corrected chi connectivity index (χ4v) is 4.39. The zero-order valence-electron chi connectivity index (χ0n) is 17.3. The minimum absolute atomic E-state index is 0.0740. The van der Waals surface area contributed by atoms with E-state index in [0.717, 1.165) is 6.07 Å². The van der Waals surface area contributed by atoms with Gasteiger partial charge in [-0.3, -0.25) is 19.7 Å². The molecule has 0 saturated carbocycles. The van der Waals surface area contributed by atoms with Crippen LogP contribution in [0.2, 0.25) is 0 Å². The van der Waals surface area contributed by atoms with Gasteiger partial charge in [-0.25, -0.2) is 4.79 Å². The predicted octanol–water partition coefficient (Wildman–Crippen LogP) is 3.09. The molecule has 3 aromatic rings. The van der Waals surface area contributed by atoms with Gasteiger partial charge in [0, 0.05) is 23.1 Å². The van der Waals surface area contributed by atoms with E-state index in [4.69, 9.17) is 18.6 Å². The zero-order chi connectivity index (χ0) is 23.6. The molecular formula is C22H15NO10. The molecule has 0 fully saturated rings. The Morgan fingerprint density at radius 1 is 1.18 bits per heavy atom. The number of fused-ring (bicyclic) bond motifs is 4. The Labute approximate surface area is 184 Å². The molecule has 1 N–H and O–H groups in total. The molecule has 2 aliphatic rings. The number of ether oxygens (including phenoxy) is 3. The first-order valence-corrected chi connectivity index (χ1v) is 9.80. The Morgan fingerprint density at radius 3 is 2.55 bits per heavy atom. The van der Waals surface area contributed by atoms with Gasteiger partial charge in [-0.2, -0.15) is 0 Å². The van der Waals surface area contributed by atoms with Crippen molar-refractivity contribution < 1.29 is 38.2 Å². The molecule has 0 saturated heterocycles. The summed E-state index contributed by atoms with van der Waals surface area (Å²) in [6.45, 7) is 2.59. The lowest BCUT2D eigenvalue weighted by Gasteiger charge is -2.27. The van der Waals surface area contributed by atoms with Crippen molar-refractivity contribution in [2.45, 2.75) is 26.2 Å². The molecule has 0 aliphatic carbocycles. The summed E-state index contributed by atoms with van der Waals surface area (Å²) in [5, 5.41) is 22.8. The van der Waals surface area contributed by atoms with Gasteiger partial charge in [-0.05, 0) is 25.5 Å². The van der Waals surface area contributed by atoms with E-state index in [9.17, 15) is 29.6 Å². The molecule has 3 heterocycles. The highest BCUT2D eigenvalue weighted by Crippen LogP contribution is 2.52. The smallest absolute Gasteiger partial charge is 0.336 e. The minimum Gasteiger partial charge on any atom is -0.506 e. The van der Waals surface area contributed by atoms with Crippen LogP contribution in [0.4, 0.5) is 5.69 Å². The van der Waals surface area contributed by atoms with Crippen molar-refractivity contribution in [3.63, 3.8) is 0 Å². The zero-order valence-corrected chi connectivity index (χ0v) is 17.3. The number of Topliss-reactive ketones (excluding diaryl/α,β-unsaturated/α-hetero) is 1. The maximum atomic E-state index is 12.5. The van der Waals surface area contributed by atoms with E-state index in [1.54, 1.807) is 6.92 Å². The molecule has 0 spiro atoms. The molecule has 1 atom stereocenters. The van der Waals surface area contributed by atoms with Crippen LogP contribution in [-0.2, 0) is 4.79 Å². The van der Waals surface area contributed by atoms with Crippen molar-refractivity contribution in [3.05, 3.63) is 61.0 Å². The lowest BCUT2D eigenvalue weighted by molar-refractivity contribution is -0.385. The Bertz CT molecular complexity index is 1470. The summed E-state index contributed by atoms with van der Waals surface area (Å²) in [6, 6.07) is 3.71. The highest BCUT2D eigenvalue weighted by atomic mass is 16.7. The Morgan fingerprint density at radius 2 is 1.88 bits per heavy atom. The number of nitro benzene ring substituents is 1. The second-order valence-corrected chi connectivity index (χ2v) is 7.73. The van der Waals surface area contributed by atoms with E-state index in [1.165, 1.54) is 19.1 Å². The molecule has 11 nitrogen and oxygen atoms in total. The third kappa shape index (κ3) is 3.00. The van der Waals surface area contributed by atoms with Crippen LogP contribution in [0, 0.1) is 17.0 Å². The second kappa shape index (κ2) is 7.05. The van der Waals surface area contributed by atoms with Crippen molar-refractivity contribution in [1.82, 2.24) is 0 Å². The monoisotopic (exact) mass is 453 g/mol. The summed E-state index contributed by atoms with van der Waals surface area (Å²) < 4.78 is 21.3. The number of phenolic OH excluding ortho intramolecular Hbond substituents is 1. The van der Waals surface area contributed by atoms with Crippen molar-refractivity contribution in [2.24, 2.45) is 0 Å². The molecule has 2 aliphatic heterocycles. The Hall–Kier alpha value is -4.41. The SMILES string of the molecule is CC(=O)c1c2c(c3oc(=O)cc(C)c3c1O)C(c1cc3c(cc1[N+](=O)[O-])OCO3)CC(=O)O2. The molecular weight excluding hydrogens is 438 g/mol. The van der Waals surface area contributed by atoms with Crippen LogP contribution < -0.4 is 19.8 Å². The molecule has 168 valence electrons. The molecule has 0 radical (unpaired) electrons. The normalized spacial score (nSPS) is 16.4. The first kappa shape index (κ1) is 20.5. The van der Waals surface area contributed by atoms with Gasteiger partial charge in [0.05, 0.1) is 22.8 Å². The largest absolute Gasteiger partial charge is 0.506 e. The molecule has 2 aromatic carbocycles. The van der Waals surface area contributed by atoms with Gasteiger partial charge < -0.3 is 23.7 Å². The lowest BCUT2D eigenvalue weighted by atomic mass is 9.82. The maximum absolute atomic E-state index is 12.5.